The van der Waals surface area contributed by atoms with Crippen LogP contribution in [0, 0.1) is 5.41 Å². The van der Waals surface area contributed by atoms with Gasteiger partial charge in [-0.25, -0.2) is 4.79 Å². The fraction of sp³-hybridized carbons (Fsp3) is 0.467. The molecule has 0 saturated heterocycles. The first-order chi connectivity index (χ1) is 8.84. The number of carbonyl (C=O) groups is 2. The van der Waals surface area contributed by atoms with Crippen molar-refractivity contribution in [3.8, 4) is 0 Å². The van der Waals surface area contributed by atoms with E-state index in [1.165, 1.54) is 7.11 Å². The van der Waals surface area contributed by atoms with E-state index in [0.29, 0.717) is 0 Å². The molecule has 1 atom stereocenters. The molecular formula is C15H21NO3. The van der Waals surface area contributed by atoms with Crippen LogP contribution in [0.15, 0.2) is 30.3 Å². The number of nitrogens with one attached hydrogen (secondary N) is 1. The molecule has 1 aromatic rings. The molecule has 1 rings (SSSR count). The highest BCUT2D eigenvalue weighted by Gasteiger charge is 2.26. The summed E-state index contributed by atoms with van der Waals surface area (Å²) < 4.78 is 4.61. The highest BCUT2D eigenvalue weighted by atomic mass is 16.5. The zero-order valence-corrected chi connectivity index (χ0v) is 11.9. The number of amides is 1. The van der Waals surface area contributed by atoms with Crippen molar-refractivity contribution >= 4 is 11.9 Å². The van der Waals surface area contributed by atoms with Crippen molar-refractivity contribution in [1.82, 2.24) is 5.32 Å². The van der Waals surface area contributed by atoms with Crippen LogP contribution in [0.4, 0.5) is 4.79 Å². The quantitative estimate of drug-likeness (QED) is 0.908. The molecule has 0 radical (unpaired) electrons. The lowest BCUT2D eigenvalue weighted by Crippen LogP contribution is -2.32. The summed E-state index contributed by atoms with van der Waals surface area (Å²) in [6.45, 7) is 5.61. The molecule has 0 saturated carbocycles. The van der Waals surface area contributed by atoms with Crippen molar-refractivity contribution in [2.24, 2.45) is 5.41 Å². The molecule has 0 spiro atoms. The van der Waals surface area contributed by atoms with E-state index in [2.05, 4.69) is 10.1 Å². The summed E-state index contributed by atoms with van der Waals surface area (Å²) in [5.41, 5.74) is 0.468. The van der Waals surface area contributed by atoms with E-state index in [0.717, 1.165) is 5.56 Å². The highest BCUT2D eigenvalue weighted by Crippen LogP contribution is 2.24. The van der Waals surface area contributed by atoms with Gasteiger partial charge in [0.25, 0.3) is 0 Å². The predicted molar refractivity (Wildman–Crippen MR) is 73.8 cm³/mol. The minimum Gasteiger partial charge on any atom is -0.453 e. The molecule has 0 unspecified atom stereocenters. The summed E-state index contributed by atoms with van der Waals surface area (Å²) in [6, 6.07) is 9.06. The second-order valence-corrected chi connectivity index (χ2v) is 5.48. The van der Waals surface area contributed by atoms with E-state index >= 15 is 0 Å². The molecule has 0 aliphatic carbocycles. The molecule has 1 amide bonds. The molecule has 19 heavy (non-hydrogen) atoms. The number of hydrogen-bond acceptors (Lipinski definition) is 3. The summed E-state index contributed by atoms with van der Waals surface area (Å²) in [5, 5.41) is 2.70. The fourth-order valence-corrected chi connectivity index (χ4v) is 1.63. The van der Waals surface area contributed by atoms with E-state index < -0.39 is 11.5 Å². The molecule has 1 N–H and O–H groups in total. The standard InChI is InChI=1S/C15H21NO3/c1-15(2,3)13(17)10-12(16-14(18)19-4)11-8-6-5-7-9-11/h5-9,12H,10H2,1-4H3,(H,16,18)/t12-/m0/s1. The number of alkyl carbamates (subject to hydrolysis) is 1. The lowest BCUT2D eigenvalue weighted by Gasteiger charge is -2.23. The van der Waals surface area contributed by atoms with Crippen molar-refractivity contribution in [3.63, 3.8) is 0 Å². The van der Waals surface area contributed by atoms with Crippen LogP contribution in [0.5, 0.6) is 0 Å². The minimum absolute atomic E-state index is 0.0951. The number of hydrogen-bond donors (Lipinski definition) is 1. The van der Waals surface area contributed by atoms with Crippen LogP contribution >= 0.6 is 0 Å². The maximum Gasteiger partial charge on any atom is 0.407 e. The van der Waals surface area contributed by atoms with Crippen LogP contribution < -0.4 is 5.32 Å². The first kappa shape index (κ1) is 15.2. The van der Waals surface area contributed by atoms with Crippen LogP contribution in [-0.2, 0) is 9.53 Å². The summed E-state index contributed by atoms with van der Waals surface area (Å²) >= 11 is 0. The Balaban J connectivity index is 2.88. The third kappa shape index (κ3) is 4.73. The van der Waals surface area contributed by atoms with Crippen LogP contribution in [0.3, 0.4) is 0 Å². The fourth-order valence-electron chi connectivity index (χ4n) is 1.63. The Kier molecular flexibility index (Phi) is 5.10. The van der Waals surface area contributed by atoms with Gasteiger partial charge in [-0.05, 0) is 5.56 Å². The molecular weight excluding hydrogens is 242 g/mol. The van der Waals surface area contributed by atoms with Crippen LogP contribution in [-0.4, -0.2) is 19.0 Å². The number of ketones is 1. The van der Waals surface area contributed by atoms with Crippen LogP contribution in [0.2, 0.25) is 0 Å². The van der Waals surface area contributed by atoms with Crippen molar-refractivity contribution in [1.29, 1.82) is 0 Å². The van der Waals surface area contributed by atoms with Crippen molar-refractivity contribution in [2.75, 3.05) is 7.11 Å². The van der Waals surface area contributed by atoms with Gasteiger partial charge in [-0.1, -0.05) is 51.1 Å². The lowest BCUT2D eigenvalue weighted by molar-refractivity contribution is -0.126. The number of benzene rings is 1. The monoisotopic (exact) mass is 263 g/mol. The molecule has 0 heterocycles. The van der Waals surface area contributed by atoms with E-state index in [4.69, 9.17) is 0 Å². The molecule has 0 bridgehead atoms. The Morgan fingerprint density at radius 3 is 2.26 bits per heavy atom. The summed E-state index contributed by atoms with van der Waals surface area (Å²) in [5.74, 6) is 0.0951. The van der Waals surface area contributed by atoms with E-state index in [1.807, 2.05) is 51.1 Å². The van der Waals surface area contributed by atoms with Crippen molar-refractivity contribution < 1.29 is 14.3 Å². The Bertz CT molecular complexity index is 434. The normalized spacial score (nSPS) is 12.6. The zero-order valence-electron chi connectivity index (χ0n) is 11.9. The smallest absolute Gasteiger partial charge is 0.407 e. The maximum absolute atomic E-state index is 12.1. The SMILES string of the molecule is COC(=O)N[C@@H](CC(=O)C(C)(C)C)c1ccccc1. The van der Waals surface area contributed by atoms with Crippen LogP contribution in [0.1, 0.15) is 38.8 Å². The van der Waals surface area contributed by atoms with Gasteiger partial charge in [0.1, 0.15) is 5.78 Å². The second-order valence-electron chi connectivity index (χ2n) is 5.48. The van der Waals surface area contributed by atoms with Gasteiger partial charge >= 0.3 is 6.09 Å². The Hall–Kier alpha value is -1.84. The number of carbonyl (C=O) groups excluding carboxylic acids is 2. The minimum atomic E-state index is -0.532. The van der Waals surface area contributed by atoms with E-state index in [9.17, 15) is 9.59 Å². The van der Waals surface area contributed by atoms with Gasteiger partial charge in [-0.3, -0.25) is 4.79 Å². The first-order valence-electron chi connectivity index (χ1n) is 6.27. The van der Waals surface area contributed by atoms with Gasteiger partial charge in [0.2, 0.25) is 0 Å². The predicted octanol–water partition coefficient (Wildman–Crippen LogP) is 3.09. The van der Waals surface area contributed by atoms with Gasteiger partial charge in [-0.2, -0.15) is 0 Å². The summed E-state index contributed by atoms with van der Waals surface area (Å²) in [4.78, 5) is 23.5. The molecule has 0 aliphatic rings. The van der Waals surface area contributed by atoms with Crippen LogP contribution in [0.25, 0.3) is 0 Å². The van der Waals surface area contributed by atoms with Crippen molar-refractivity contribution in [2.45, 2.75) is 33.2 Å². The van der Waals surface area contributed by atoms with Gasteiger partial charge in [0.15, 0.2) is 0 Å². The molecule has 0 aromatic heterocycles. The Morgan fingerprint density at radius 2 is 1.79 bits per heavy atom. The Labute approximate surface area is 114 Å². The average Bonchev–Trinajstić information content (AvgIpc) is 2.37. The average molecular weight is 263 g/mol. The molecule has 0 fully saturated rings. The summed E-state index contributed by atoms with van der Waals surface area (Å²) in [7, 11) is 1.31. The number of ether oxygens (including phenoxy) is 1. The number of methoxy groups -OCH3 is 1. The lowest BCUT2D eigenvalue weighted by atomic mass is 9.85. The van der Waals surface area contributed by atoms with Gasteiger partial charge < -0.3 is 10.1 Å². The number of Topliss-reactive ketones (excluding diaryl/α,β-unsaturated/α-hetero) is 1. The third-order valence-electron chi connectivity index (χ3n) is 2.91. The van der Waals surface area contributed by atoms with E-state index in [1.54, 1.807) is 0 Å². The zero-order chi connectivity index (χ0) is 14.5. The first-order valence-corrected chi connectivity index (χ1v) is 6.27. The molecule has 4 heteroatoms. The van der Waals surface area contributed by atoms with Gasteiger partial charge in [-0.15, -0.1) is 0 Å². The molecule has 1 aromatic carbocycles. The van der Waals surface area contributed by atoms with Gasteiger partial charge in [0.05, 0.1) is 13.2 Å². The van der Waals surface area contributed by atoms with Gasteiger partial charge in [0, 0.05) is 11.8 Å². The molecule has 104 valence electrons. The summed E-state index contributed by atoms with van der Waals surface area (Å²) in [6.07, 6.45) is -0.279. The molecule has 0 aliphatic heterocycles. The van der Waals surface area contributed by atoms with Crippen molar-refractivity contribution in [3.05, 3.63) is 35.9 Å². The third-order valence-corrected chi connectivity index (χ3v) is 2.91. The highest BCUT2D eigenvalue weighted by molar-refractivity contribution is 5.84. The topological polar surface area (TPSA) is 55.4 Å². The van der Waals surface area contributed by atoms with E-state index in [-0.39, 0.29) is 18.2 Å². The largest absolute Gasteiger partial charge is 0.453 e. The Morgan fingerprint density at radius 1 is 1.21 bits per heavy atom. The second kappa shape index (κ2) is 6.36. The molecule has 4 nitrogen and oxygen atoms in total. The number of rotatable bonds is 4. The maximum atomic E-state index is 12.1.